The van der Waals surface area contributed by atoms with Gasteiger partial charge in [0.25, 0.3) is 5.69 Å². The third-order valence-electron chi connectivity index (χ3n) is 4.07. The molecule has 0 heterocycles. The minimum absolute atomic E-state index is 0.0291. The van der Waals surface area contributed by atoms with Crippen LogP contribution in [0.3, 0.4) is 0 Å². The molecule has 0 bridgehead atoms. The van der Waals surface area contributed by atoms with Gasteiger partial charge in [0.1, 0.15) is 5.69 Å². The maximum atomic E-state index is 11.0. The number of rotatable bonds is 5. The van der Waals surface area contributed by atoms with Crippen LogP contribution in [0.4, 0.5) is 11.4 Å². The van der Waals surface area contributed by atoms with Crippen LogP contribution >= 0.6 is 0 Å². The van der Waals surface area contributed by atoms with Gasteiger partial charge in [-0.05, 0) is 36.3 Å². The van der Waals surface area contributed by atoms with Crippen molar-refractivity contribution in [1.82, 2.24) is 0 Å². The molecule has 0 radical (unpaired) electrons. The van der Waals surface area contributed by atoms with Crippen LogP contribution in [0, 0.1) is 32.8 Å². The summed E-state index contributed by atoms with van der Waals surface area (Å²) in [5.74, 6) is 0.567. The minimum Gasteiger partial charge on any atom is -0.379 e. The Bertz CT molecular complexity index is 542. The Morgan fingerprint density at radius 2 is 2.21 bits per heavy atom. The van der Waals surface area contributed by atoms with Crippen molar-refractivity contribution in [3.8, 4) is 6.07 Å². The molecule has 0 spiro atoms. The van der Waals surface area contributed by atoms with E-state index >= 15 is 0 Å². The minimum atomic E-state index is -0.446. The predicted molar refractivity (Wildman–Crippen MR) is 72.8 cm³/mol. The fourth-order valence-electron chi connectivity index (χ4n) is 2.29. The quantitative estimate of drug-likeness (QED) is 0.649. The topological polar surface area (TPSA) is 79.0 Å². The van der Waals surface area contributed by atoms with Gasteiger partial charge in [-0.1, -0.05) is 13.8 Å². The van der Waals surface area contributed by atoms with Crippen molar-refractivity contribution in [2.75, 3.05) is 11.9 Å². The zero-order valence-electron chi connectivity index (χ0n) is 11.1. The molecule has 5 heteroatoms. The summed E-state index contributed by atoms with van der Waals surface area (Å²) >= 11 is 0. The van der Waals surface area contributed by atoms with Crippen LogP contribution < -0.4 is 5.32 Å². The Morgan fingerprint density at radius 1 is 1.53 bits per heavy atom. The van der Waals surface area contributed by atoms with Crippen LogP contribution in [0.15, 0.2) is 18.2 Å². The van der Waals surface area contributed by atoms with Crippen LogP contribution in [-0.4, -0.2) is 11.5 Å². The number of nitrogens with one attached hydrogen (secondary N) is 1. The molecule has 1 aromatic rings. The number of benzene rings is 1. The van der Waals surface area contributed by atoms with Crippen molar-refractivity contribution in [2.45, 2.75) is 26.7 Å². The number of anilines is 1. The summed E-state index contributed by atoms with van der Waals surface area (Å²) in [6.07, 6.45) is 2.34. The Morgan fingerprint density at radius 3 is 2.68 bits per heavy atom. The first-order chi connectivity index (χ1) is 8.98. The lowest BCUT2D eigenvalue weighted by molar-refractivity contribution is -0.384. The molecule has 1 aliphatic carbocycles. The van der Waals surface area contributed by atoms with Crippen molar-refractivity contribution in [3.05, 3.63) is 33.9 Å². The smallest absolute Gasteiger partial charge is 0.293 e. The molecule has 1 fully saturated rings. The molecule has 1 aliphatic rings. The van der Waals surface area contributed by atoms with E-state index in [9.17, 15) is 10.1 Å². The van der Waals surface area contributed by atoms with Gasteiger partial charge in [-0.25, -0.2) is 0 Å². The van der Waals surface area contributed by atoms with E-state index in [0.29, 0.717) is 17.2 Å². The third kappa shape index (κ3) is 2.68. The van der Waals surface area contributed by atoms with E-state index in [4.69, 9.17) is 5.26 Å². The van der Waals surface area contributed by atoms with Gasteiger partial charge in [-0.3, -0.25) is 10.1 Å². The average Bonchev–Trinajstić information content (AvgIpc) is 3.17. The first kappa shape index (κ1) is 13.3. The van der Waals surface area contributed by atoms with E-state index in [1.165, 1.54) is 18.9 Å². The second-order valence-electron chi connectivity index (χ2n) is 5.47. The van der Waals surface area contributed by atoms with Crippen LogP contribution in [0.5, 0.6) is 0 Å². The molecule has 1 aromatic carbocycles. The Balaban J connectivity index is 2.17. The SMILES string of the molecule is CC(C)C1(CNc2ccc(C#N)cc2[N+](=O)[O-])CC1. The van der Waals surface area contributed by atoms with E-state index in [0.717, 1.165) is 6.54 Å². The summed E-state index contributed by atoms with van der Waals surface area (Å²) in [6.45, 7) is 5.11. The lowest BCUT2D eigenvalue weighted by atomic mass is 9.92. The molecule has 1 saturated carbocycles. The summed E-state index contributed by atoms with van der Waals surface area (Å²) < 4.78 is 0. The Labute approximate surface area is 112 Å². The summed E-state index contributed by atoms with van der Waals surface area (Å²) in [5.41, 5.74) is 1.05. The number of nitrogens with zero attached hydrogens (tertiary/aromatic N) is 2. The average molecular weight is 259 g/mol. The first-order valence-corrected chi connectivity index (χ1v) is 6.41. The summed E-state index contributed by atoms with van der Waals surface area (Å²) in [6, 6.07) is 6.46. The standard InChI is InChI=1S/C14H17N3O2/c1-10(2)14(5-6-14)9-16-12-4-3-11(8-15)7-13(12)17(18)19/h3-4,7,10,16H,5-6,9H2,1-2H3. The van der Waals surface area contributed by atoms with Gasteiger partial charge in [0.05, 0.1) is 16.6 Å². The first-order valence-electron chi connectivity index (χ1n) is 6.41. The Kier molecular flexibility index (Phi) is 3.43. The number of hydrogen-bond donors (Lipinski definition) is 1. The lowest BCUT2D eigenvalue weighted by Gasteiger charge is -2.20. The van der Waals surface area contributed by atoms with Gasteiger partial charge < -0.3 is 5.32 Å². The van der Waals surface area contributed by atoms with E-state index < -0.39 is 4.92 Å². The lowest BCUT2D eigenvalue weighted by Crippen LogP contribution is -2.21. The normalized spacial score (nSPS) is 15.9. The van der Waals surface area contributed by atoms with E-state index in [-0.39, 0.29) is 11.1 Å². The molecule has 0 atom stereocenters. The highest BCUT2D eigenvalue weighted by molar-refractivity contribution is 5.64. The van der Waals surface area contributed by atoms with Crippen molar-refractivity contribution in [3.63, 3.8) is 0 Å². The highest BCUT2D eigenvalue weighted by Gasteiger charge is 2.45. The zero-order valence-corrected chi connectivity index (χ0v) is 11.1. The van der Waals surface area contributed by atoms with Crippen LogP contribution in [0.1, 0.15) is 32.3 Å². The van der Waals surface area contributed by atoms with Crippen molar-refractivity contribution in [2.24, 2.45) is 11.3 Å². The maximum absolute atomic E-state index is 11.0. The fourth-order valence-corrected chi connectivity index (χ4v) is 2.29. The van der Waals surface area contributed by atoms with E-state index in [1.807, 2.05) is 6.07 Å². The molecule has 0 aromatic heterocycles. The maximum Gasteiger partial charge on any atom is 0.293 e. The molecule has 0 saturated heterocycles. The molecule has 0 aliphatic heterocycles. The highest BCUT2D eigenvalue weighted by atomic mass is 16.6. The van der Waals surface area contributed by atoms with Crippen molar-refractivity contribution in [1.29, 1.82) is 5.26 Å². The largest absolute Gasteiger partial charge is 0.379 e. The monoisotopic (exact) mass is 259 g/mol. The molecule has 100 valence electrons. The van der Waals surface area contributed by atoms with Crippen LogP contribution in [-0.2, 0) is 0 Å². The van der Waals surface area contributed by atoms with Gasteiger partial charge in [0.15, 0.2) is 0 Å². The molecule has 1 N–H and O–H groups in total. The molecular formula is C14H17N3O2. The molecule has 0 amide bonds. The van der Waals surface area contributed by atoms with Crippen LogP contribution in [0.2, 0.25) is 0 Å². The molecule has 19 heavy (non-hydrogen) atoms. The number of nitro groups is 1. The molecular weight excluding hydrogens is 242 g/mol. The van der Waals surface area contributed by atoms with Gasteiger partial charge in [0.2, 0.25) is 0 Å². The van der Waals surface area contributed by atoms with Crippen molar-refractivity contribution < 1.29 is 4.92 Å². The zero-order chi connectivity index (χ0) is 14.0. The summed E-state index contributed by atoms with van der Waals surface area (Å²) in [5, 5.41) is 23.0. The van der Waals surface area contributed by atoms with Gasteiger partial charge in [-0.15, -0.1) is 0 Å². The number of hydrogen-bond acceptors (Lipinski definition) is 4. The molecule has 2 rings (SSSR count). The number of nitriles is 1. The number of nitro benzene ring substituents is 1. The van der Waals surface area contributed by atoms with Gasteiger partial charge in [-0.2, -0.15) is 5.26 Å². The van der Waals surface area contributed by atoms with E-state index in [2.05, 4.69) is 19.2 Å². The second kappa shape index (κ2) is 4.88. The predicted octanol–water partition coefficient (Wildman–Crippen LogP) is 3.31. The fraction of sp³-hybridized carbons (Fsp3) is 0.500. The van der Waals surface area contributed by atoms with Crippen LogP contribution in [0.25, 0.3) is 0 Å². The highest BCUT2D eigenvalue weighted by Crippen LogP contribution is 2.51. The van der Waals surface area contributed by atoms with Gasteiger partial charge >= 0.3 is 0 Å². The van der Waals surface area contributed by atoms with E-state index in [1.54, 1.807) is 12.1 Å². The van der Waals surface area contributed by atoms with Crippen molar-refractivity contribution >= 4 is 11.4 Å². The second-order valence-corrected chi connectivity index (χ2v) is 5.47. The molecule has 0 unspecified atom stereocenters. The van der Waals surface area contributed by atoms with Gasteiger partial charge in [0, 0.05) is 12.6 Å². The summed E-state index contributed by atoms with van der Waals surface area (Å²) in [7, 11) is 0. The molecule has 5 nitrogen and oxygen atoms in total. The summed E-state index contributed by atoms with van der Waals surface area (Å²) in [4.78, 5) is 10.6. The Hall–Kier alpha value is -2.09. The third-order valence-corrected chi connectivity index (χ3v) is 4.07.